The Bertz CT molecular complexity index is 3190. The number of hydrogen-bond donors (Lipinski definition) is 0. The molecule has 0 saturated carbocycles. The first-order valence-corrected chi connectivity index (χ1v) is 19.4. The van der Waals surface area contributed by atoms with Gasteiger partial charge in [-0.1, -0.05) is 127 Å². The highest BCUT2D eigenvalue weighted by Gasteiger charge is 2.18. The van der Waals surface area contributed by atoms with E-state index in [1.807, 2.05) is 12.1 Å². The van der Waals surface area contributed by atoms with Crippen LogP contribution < -0.4 is 4.90 Å². The van der Waals surface area contributed by atoms with Gasteiger partial charge >= 0.3 is 0 Å². The van der Waals surface area contributed by atoms with E-state index in [2.05, 4.69) is 216 Å². The van der Waals surface area contributed by atoms with E-state index in [1.165, 1.54) is 27.4 Å². The second kappa shape index (κ2) is 13.6. The fourth-order valence-electron chi connectivity index (χ4n) is 8.53. The number of fused-ring (bicyclic) bond motifs is 6. The highest BCUT2D eigenvalue weighted by molar-refractivity contribution is 6.11. The van der Waals surface area contributed by atoms with Gasteiger partial charge in [0.05, 0.1) is 11.0 Å². The average Bonchev–Trinajstić information content (AvgIpc) is 3.82. The zero-order valence-corrected chi connectivity index (χ0v) is 31.1. The van der Waals surface area contributed by atoms with Crippen molar-refractivity contribution >= 4 is 60.8 Å². The summed E-state index contributed by atoms with van der Waals surface area (Å²) >= 11 is 0. The fraction of sp³-hybridized carbons (Fsp3) is 0. The minimum atomic E-state index is 0.890. The van der Waals surface area contributed by atoms with Crippen LogP contribution in [0.5, 0.6) is 0 Å². The molecule has 57 heavy (non-hydrogen) atoms. The summed E-state index contributed by atoms with van der Waals surface area (Å²) < 4.78 is 8.65. The van der Waals surface area contributed by atoms with E-state index >= 15 is 0 Å². The summed E-state index contributed by atoms with van der Waals surface area (Å²) in [6.45, 7) is 0. The molecule has 0 amide bonds. The summed E-state index contributed by atoms with van der Waals surface area (Å²) in [4.78, 5) is 2.32. The largest absolute Gasteiger partial charge is 0.456 e. The Morgan fingerprint density at radius 2 is 0.877 bits per heavy atom. The van der Waals surface area contributed by atoms with Crippen LogP contribution in [0.3, 0.4) is 0 Å². The Hall–Kier alpha value is -7.62. The molecule has 3 heteroatoms. The molecule has 0 aliphatic carbocycles. The zero-order chi connectivity index (χ0) is 37.7. The summed E-state index contributed by atoms with van der Waals surface area (Å²) in [5.41, 5.74) is 15.6. The molecule has 11 aromatic rings. The molecule has 0 unspecified atom stereocenters. The molecule has 0 fully saturated rings. The van der Waals surface area contributed by atoms with Crippen molar-refractivity contribution in [2.45, 2.75) is 0 Å². The van der Waals surface area contributed by atoms with Crippen LogP contribution in [0.2, 0.25) is 0 Å². The standard InChI is InChI=1S/C54H36N2O/c1-4-16-41(17-5-1)55(42-18-6-2-7-19-42)44-22-14-15-39(33-44)45-30-27-37(34-48(45)40-29-32-54-50(36-40)47-24-11-13-26-53(47)57-54)38-28-31-52-49(35-38)46-23-10-12-25-51(46)56(52)43-20-8-3-9-21-43/h1-36H. The lowest BCUT2D eigenvalue weighted by molar-refractivity contribution is 0.669. The minimum Gasteiger partial charge on any atom is -0.456 e. The number of anilines is 3. The molecule has 3 nitrogen and oxygen atoms in total. The predicted molar refractivity (Wildman–Crippen MR) is 239 cm³/mol. The molecular formula is C54H36N2O. The molecule has 0 saturated heterocycles. The van der Waals surface area contributed by atoms with Gasteiger partial charge in [0.1, 0.15) is 11.2 Å². The van der Waals surface area contributed by atoms with E-state index in [9.17, 15) is 0 Å². The molecule has 0 aliphatic rings. The van der Waals surface area contributed by atoms with Gasteiger partial charge < -0.3 is 13.9 Å². The second-order valence-corrected chi connectivity index (χ2v) is 14.5. The van der Waals surface area contributed by atoms with Crippen LogP contribution in [0.4, 0.5) is 17.1 Å². The minimum absolute atomic E-state index is 0.890. The predicted octanol–water partition coefficient (Wildman–Crippen LogP) is 15.2. The van der Waals surface area contributed by atoms with E-state index in [-0.39, 0.29) is 0 Å². The van der Waals surface area contributed by atoms with Crippen molar-refractivity contribution in [2.24, 2.45) is 0 Å². The van der Waals surface area contributed by atoms with E-state index in [0.717, 1.165) is 72.5 Å². The molecule has 0 spiro atoms. The molecule has 11 rings (SSSR count). The molecule has 0 radical (unpaired) electrons. The van der Waals surface area contributed by atoms with Crippen molar-refractivity contribution in [1.82, 2.24) is 4.57 Å². The first-order valence-electron chi connectivity index (χ1n) is 19.4. The van der Waals surface area contributed by atoms with Gasteiger partial charge in [-0.2, -0.15) is 0 Å². The third-order valence-corrected chi connectivity index (χ3v) is 11.2. The number of aromatic nitrogens is 1. The lowest BCUT2D eigenvalue weighted by Crippen LogP contribution is -2.09. The third kappa shape index (κ3) is 5.68. The Morgan fingerprint density at radius 1 is 0.316 bits per heavy atom. The number of nitrogens with zero attached hydrogens (tertiary/aromatic N) is 2. The fourth-order valence-corrected chi connectivity index (χ4v) is 8.53. The smallest absolute Gasteiger partial charge is 0.135 e. The van der Waals surface area contributed by atoms with Gasteiger partial charge in [-0.15, -0.1) is 0 Å². The number of para-hydroxylation sites is 5. The Balaban J connectivity index is 1.10. The monoisotopic (exact) mass is 728 g/mol. The lowest BCUT2D eigenvalue weighted by atomic mass is 9.90. The van der Waals surface area contributed by atoms with Crippen molar-refractivity contribution in [3.8, 4) is 39.1 Å². The van der Waals surface area contributed by atoms with E-state index in [0.29, 0.717) is 0 Å². The Kier molecular flexibility index (Phi) is 7.82. The van der Waals surface area contributed by atoms with Gasteiger partial charge in [-0.05, 0) is 124 Å². The third-order valence-electron chi connectivity index (χ3n) is 11.2. The summed E-state index contributed by atoms with van der Waals surface area (Å²) in [5.74, 6) is 0. The van der Waals surface area contributed by atoms with Gasteiger partial charge in [0.2, 0.25) is 0 Å². The first-order chi connectivity index (χ1) is 28.3. The summed E-state index contributed by atoms with van der Waals surface area (Å²) in [6, 6.07) is 78.2. The van der Waals surface area contributed by atoms with Crippen LogP contribution in [0.1, 0.15) is 0 Å². The highest BCUT2D eigenvalue weighted by atomic mass is 16.3. The molecule has 0 aliphatic heterocycles. The molecular weight excluding hydrogens is 693 g/mol. The maximum Gasteiger partial charge on any atom is 0.135 e. The SMILES string of the molecule is c1ccc(N(c2ccccc2)c2cccc(-c3ccc(-c4ccc5c(c4)c4ccccc4n5-c4ccccc4)cc3-c3ccc4oc5ccccc5c4c3)c2)cc1. The molecule has 268 valence electrons. The Labute approximate surface area is 330 Å². The first kappa shape index (κ1) is 32.8. The maximum atomic E-state index is 6.28. The highest BCUT2D eigenvalue weighted by Crippen LogP contribution is 2.43. The van der Waals surface area contributed by atoms with Crippen molar-refractivity contribution in [1.29, 1.82) is 0 Å². The van der Waals surface area contributed by atoms with Crippen LogP contribution >= 0.6 is 0 Å². The number of furan rings is 1. The van der Waals surface area contributed by atoms with E-state index in [1.54, 1.807) is 0 Å². The topological polar surface area (TPSA) is 21.3 Å². The van der Waals surface area contributed by atoms with Crippen LogP contribution in [0, 0.1) is 0 Å². The normalized spacial score (nSPS) is 11.5. The summed E-state index contributed by atoms with van der Waals surface area (Å²) in [6.07, 6.45) is 0. The number of benzene rings is 9. The average molecular weight is 729 g/mol. The summed E-state index contributed by atoms with van der Waals surface area (Å²) in [7, 11) is 0. The second-order valence-electron chi connectivity index (χ2n) is 14.5. The maximum absolute atomic E-state index is 6.28. The van der Waals surface area contributed by atoms with Crippen molar-refractivity contribution in [2.75, 3.05) is 4.90 Å². The van der Waals surface area contributed by atoms with Crippen LogP contribution in [0.25, 0.3) is 82.8 Å². The van der Waals surface area contributed by atoms with Gasteiger partial charge in [0.25, 0.3) is 0 Å². The number of hydrogen-bond acceptors (Lipinski definition) is 2. The van der Waals surface area contributed by atoms with Crippen LogP contribution in [-0.4, -0.2) is 4.57 Å². The van der Waals surface area contributed by atoms with Gasteiger partial charge in [0, 0.05) is 44.3 Å². The molecule has 0 atom stereocenters. The molecule has 9 aromatic carbocycles. The zero-order valence-electron chi connectivity index (χ0n) is 31.1. The molecule has 0 bridgehead atoms. The molecule has 0 N–H and O–H groups in total. The van der Waals surface area contributed by atoms with Crippen molar-refractivity contribution in [3.05, 3.63) is 218 Å². The van der Waals surface area contributed by atoms with E-state index < -0.39 is 0 Å². The molecule has 2 heterocycles. The summed E-state index contributed by atoms with van der Waals surface area (Å²) in [5, 5.41) is 4.71. The lowest BCUT2D eigenvalue weighted by Gasteiger charge is -2.26. The van der Waals surface area contributed by atoms with Gasteiger partial charge in [0.15, 0.2) is 0 Å². The van der Waals surface area contributed by atoms with E-state index in [4.69, 9.17) is 4.42 Å². The molecule has 2 aromatic heterocycles. The van der Waals surface area contributed by atoms with Crippen molar-refractivity contribution in [3.63, 3.8) is 0 Å². The van der Waals surface area contributed by atoms with Gasteiger partial charge in [-0.25, -0.2) is 0 Å². The quantitative estimate of drug-likeness (QED) is 0.163. The number of rotatable bonds is 7. The van der Waals surface area contributed by atoms with Crippen LogP contribution in [0.15, 0.2) is 223 Å². The van der Waals surface area contributed by atoms with Crippen molar-refractivity contribution < 1.29 is 4.42 Å². The van der Waals surface area contributed by atoms with Gasteiger partial charge in [-0.3, -0.25) is 0 Å². The Morgan fingerprint density at radius 3 is 1.67 bits per heavy atom. The van der Waals surface area contributed by atoms with Crippen LogP contribution in [-0.2, 0) is 0 Å².